The predicted molar refractivity (Wildman–Crippen MR) is 234 cm³/mol. The number of H-pyrrole nitrogens is 1. The number of anilines is 1. The minimum atomic E-state index is -0.901. The van der Waals surface area contributed by atoms with Crippen LogP contribution in [0.1, 0.15) is 93.2 Å². The van der Waals surface area contributed by atoms with Crippen molar-refractivity contribution in [1.29, 1.82) is 0 Å². The van der Waals surface area contributed by atoms with Crippen LogP contribution in [0.25, 0.3) is 0 Å². The van der Waals surface area contributed by atoms with Crippen molar-refractivity contribution >= 4 is 35.5 Å². The maximum absolute atomic E-state index is 14.4. The molecule has 0 spiro atoms. The van der Waals surface area contributed by atoms with Crippen LogP contribution < -0.4 is 16.0 Å². The number of carbonyl (C=O) groups excluding carboxylic acids is 5. The van der Waals surface area contributed by atoms with Crippen molar-refractivity contribution in [2.45, 2.75) is 76.7 Å². The summed E-state index contributed by atoms with van der Waals surface area (Å²) >= 11 is 0. The number of carbonyl (C=O) groups is 5. The minimum Gasteiger partial charge on any atom is -0.457 e. The number of aromatic nitrogens is 2. The number of fused-ring (bicyclic) bond motifs is 1. The van der Waals surface area contributed by atoms with Crippen LogP contribution >= 0.6 is 0 Å². The molecule has 0 radical (unpaired) electrons. The molecule has 2 atom stereocenters. The van der Waals surface area contributed by atoms with E-state index in [1.807, 2.05) is 66.7 Å². The summed E-state index contributed by atoms with van der Waals surface area (Å²) in [7, 11) is 0. The van der Waals surface area contributed by atoms with E-state index in [2.05, 4.69) is 25.9 Å². The highest BCUT2D eigenvalue weighted by atomic mass is 16.5. The number of aromatic amines is 1. The lowest BCUT2D eigenvalue weighted by atomic mass is 9.49. The fourth-order valence-electron chi connectivity index (χ4n) is 10.7. The molecule has 4 fully saturated rings. The molecule has 13 nitrogen and oxygen atoms in total. The Balaban J connectivity index is 0.912. The Morgan fingerprint density at radius 3 is 1.86 bits per heavy atom. The average molecular weight is 849 g/mol. The van der Waals surface area contributed by atoms with E-state index in [0.29, 0.717) is 12.1 Å². The van der Waals surface area contributed by atoms with Gasteiger partial charge in [0.15, 0.2) is 0 Å². The average Bonchev–Trinajstić information content (AvgIpc) is 3.77. The van der Waals surface area contributed by atoms with Gasteiger partial charge in [-0.1, -0.05) is 91.0 Å². The molecule has 4 N–H and O–H groups in total. The second kappa shape index (κ2) is 18.3. The minimum absolute atomic E-state index is 0.00360. The highest BCUT2D eigenvalue weighted by Crippen LogP contribution is 2.59. The number of hydrogen-bond acceptors (Lipinski definition) is 8. The Kier molecular flexibility index (Phi) is 12.1. The number of rotatable bonds is 14. The summed E-state index contributed by atoms with van der Waals surface area (Å²) in [6.07, 6.45) is 9.21. The molecule has 63 heavy (non-hydrogen) atoms. The number of amides is 4. The van der Waals surface area contributed by atoms with E-state index < -0.39 is 35.7 Å². The zero-order valence-electron chi connectivity index (χ0n) is 35.1. The highest BCUT2D eigenvalue weighted by molar-refractivity contribution is 6.01. The summed E-state index contributed by atoms with van der Waals surface area (Å²) in [5.41, 5.74) is 4.06. The lowest BCUT2D eigenvalue weighted by Crippen LogP contribution is -2.58. The second-order valence-corrected chi connectivity index (χ2v) is 17.9. The molecule has 324 valence electrons. The van der Waals surface area contributed by atoms with Crippen molar-refractivity contribution in [2.24, 2.45) is 23.2 Å². The van der Waals surface area contributed by atoms with E-state index in [-0.39, 0.29) is 61.0 Å². The standard InChI is InChI=1S/C50H52N6O7/c57-45(55-40-20-38(47(59)62-28-32-10-4-1-5-11-32)19-39(21-40)48(60)63-29-33-12-6-2-7-13-33)41(37-14-8-3-9-15-37)26-51-46(58)44-22-42-43(54-31-53-42)27-56(44)49(61)52-30-50-23-34-16-35(24-50)18-36(17-34)25-50/h1-15,19-21,31,34-36,41,44H,16-18,22-30H2,(H,51,58)(H,52,61)(H,53,54)(H,55,57). The molecule has 4 amide bonds. The molecule has 2 heterocycles. The van der Waals surface area contributed by atoms with Gasteiger partial charge in [-0.25, -0.2) is 19.4 Å². The number of benzene rings is 4. The molecule has 4 saturated carbocycles. The van der Waals surface area contributed by atoms with E-state index in [1.165, 1.54) is 37.5 Å². The van der Waals surface area contributed by atoms with Crippen molar-refractivity contribution in [3.63, 3.8) is 0 Å². The van der Waals surface area contributed by atoms with E-state index in [1.54, 1.807) is 35.5 Å². The predicted octanol–water partition coefficient (Wildman–Crippen LogP) is 7.32. The molecule has 2 unspecified atom stereocenters. The number of esters is 2. The van der Waals surface area contributed by atoms with E-state index in [9.17, 15) is 24.0 Å². The van der Waals surface area contributed by atoms with Gasteiger partial charge in [-0.15, -0.1) is 0 Å². The molecule has 4 aliphatic carbocycles. The zero-order valence-corrected chi connectivity index (χ0v) is 35.1. The molecule has 1 aromatic heterocycles. The Bertz CT molecular complexity index is 2350. The molecule has 13 heteroatoms. The largest absolute Gasteiger partial charge is 0.457 e. The first-order valence-corrected chi connectivity index (χ1v) is 21.9. The molecule has 4 bridgehead atoms. The smallest absolute Gasteiger partial charge is 0.338 e. The van der Waals surface area contributed by atoms with Gasteiger partial charge >= 0.3 is 18.0 Å². The molecule has 4 aromatic carbocycles. The number of imidazole rings is 1. The number of nitrogens with zero attached hydrogens (tertiary/aromatic N) is 2. The zero-order chi connectivity index (χ0) is 43.3. The first kappa shape index (κ1) is 41.6. The third-order valence-corrected chi connectivity index (χ3v) is 13.3. The fourth-order valence-corrected chi connectivity index (χ4v) is 10.7. The van der Waals surface area contributed by atoms with Crippen LogP contribution in [0.15, 0.2) is 116 Å². The van der Waals surface area contributed by atoms with E-state index >= 15 is 0 Å². The van der Waals surface area contributed by atoms with Crippen LogP contribution in [-0.4, -0.2) is 63.8 Å². The van der Waals surface area contributed by atoms with Gasteiger partial charge in [0.25, 0.3) is 0 Å². The van der Waals surface area contributed by atoms with Gasteiger partial charge in [-0.3, -0.25) is 9.59 Å². The Morgan fingerprint density at radius 2 is 1.29 bits per heavy atom. The second-order valence-electron chi connectivity index (χ2n) is 17.9. The van der Waals surface area contributed by atoms with Crippen LogP contribution in [0.3, 0.4) is 0 Å². The van der Waals surface area contributed by atoms with Crippen LogP contribution in [0.4, 0.5) is 10.5 Å². The quantitative estimate of drug-likeness (QED) is 0.0843. The summed E-state index contributed by atoms with van der Waals surface area (Å²) in [5.74, 6) is -0.949. The van der Waals surface area contributed by atoms with Crippen LogP contribution in [-0.2, 0) is 45.2 Å². The number of hydrogen-bond donors (Lipinski definition) is 4. The maximum atomic E-state index is 14.4. The highest BCUT2D eigenvalue weighted by Gasteiger charge is 2.51. The first-order chi connectivity index (χ1) is 30.7. The number of urea groups is 1. The van der Waals surface area contributed by atoms with Gasteiger partial charge in [-0.05, 0) is 96.6 Å². The van der Waals surface area contributed by atoms with E-state index in [0.717, 1.165) is 59.5 Å². The number of nitrogens with one attached hydrogen (secondary N) is 4. The Morgan fingerprint density at radius 1 is 0.730 bits per heavy atom. The molecule has 0 saturated heterocycles. The van der Waals surface area contributed by atoms with Gasteiger partial charge in [0.2, 0.25) is 11.8 Å². The van der Waals surface area contributed by atoms with Crippen molar-refractivity contribution in [3.8, 4) is 0 Å². The normalized spacial score (nSPS) is 22.3. The van der Waals surface area contributed by atoms with Crippen molar-refractivity contribution in [2.75, 3.05) is 18.4 Å². The summed E-state index contributed by atoms with van der Waals surface area (Å²) in [6.45, 7) is 0.677. The van der Waals surface area contributed by atoms with Crippen LogP contribution in [0.2, 0.25) is 0 Å². The van der Waals surface area contributed by atoms with Crippen molar-refractivity contribution in [3.05, 3.63) is 155 Å². The van der Waals surface area contributed by atoms with Crippen molar-refractivity contribution < 1.29 is 33.4 Å². The molecular weight excluding hydrogens is 797 g/mol. The molecule has 1 aliphatic heterocycles. The summed E-state index contributed by atoms with van der Waals surface area (Å²) in [4.78, 5) is 78.7. The summed E-state index contributed by atoms with van der Waals surface area (Å²) in [6, 6.07) is 30.6. The molecular formula is C50H52N6O7. The maximum Gasteiger partial charge on any atom is 0.338 e. The monoisotopic (exact) mass is 848 g/mol. The van der Waals surface area contributed by atoms with Crippen LogP contribution in [0, 0.1) is 23.2 Å². The van der Waals surface area contributed by atoms with Gasteiger partial charge in [-0.2, -0.15) is 0 Å². The molecule has 5 aliphatic rings. The van der Waals surface area contributed by atoms with Gasteiger partial charge < -0.3 is 35.3 Å². The summed E-state index contributed by atoms with van der Waals surface area (Å²) < 4.78 is 11.2. The van der Waals surface area contributed by atoms with Gasteiger partial charge in [0, 0.05) is 30.9 Å². The Hall–Kier alpha value is -6.76. The molecule has 5 aromatic rings. The molecule has 10 rings (SSSR count). The third kappa shape index (κ3) is 9.67. The van der Waals surface area contributed by atoms with Gasteiger partial charge in [0.05, 0.1) is 35.6 Å². The van der Waals surface area contributed by atoms with Crippen molar-refractivity contribution in [1.82, 2.24) is 25.5 Å². The Labute approximate surface area is 366 Å². The summed E-state index contributed by atoms with van der Waals surface area (Å²) in [5, 5.41) is 9.14. The lowest BCUT2D eigenvalue weighted by molar-refractivity contribution is -0.126. The SMILES string of the molecule is O=C(OCc1ccccc1)c1cc(NC(=O)C(CNC(=O)C2Cc3[nH]cnc3CN2C(=O)NCC23CC4CC(CC(C4)C2)C3)c2ccccc2)cc(C(=O)OCc2ccccc2)c1. The third-order valence-electron chi connectivity index (χ3n) is 13.3. The topological polar surface area (TPSA) is 172 Å². The van der Waals surface area contributed by atoms with Gasteiger partial charge in [0.1, 0.15) is 19.3 Å². The van der Waals surface area contributed by atoms with Crippen LogP contribution in [0.5, 0.6) is 0 Å². The fraction of sp³-hybridized carbons (Fsp3) is 0.360. The van der Waals surface area contributed by atoms with E-state index in [4.69, 9.17) is 9.47 Å². The lowest BCUT2D eigenvalue weighted by Gasteiger charge is -2.57. The first-order valence-electron chi connectivity index (χ1n) is 21.9. The number of ether oxygens (including phenoxy) is 2.